The van der Waals surface area contributed by atoms with Crippen LogP contribution in [0.4, 0.5) is 8.78 Å². The summed E-state index contributed by atoms with van der Waals surface area (Å²) in [6.45, 7) is -3.14. The van der Waals surface area contributed by atoms with E-state index in [0.29, 0.717) is 24.4 Å². The molecule has 0 aliphatic heterocycles. The van der Waals surface area contributed by atoms with Crippen molar-refractivity contribution in [3.8, 4) is 11.9 Å². The number of ether oxygens (including phenoxy) is 1. The van der Waals surface area contributed by atoms with E-state index in [1.165, 1.54) is 0 Å². The maximum atomic E-state index is 12.3. The lowest BCUT2D eigenvalue weighted by Crippen LogP contribution is -2.17. The summed E-state index contributed by atoms with van der Waals surface area (Å²) >= 11 is 0.518. The Morgan fingerprint density at radius 2 is 2.05 bits per heavy atom. The molecule has 9 heteroatoms. The van der Waals surface area contributed by atoms with Gasteiger partial charge in [-0.25, -0.2) is 8.42 Å². The van der Waals surface area contributed by atoms with Gasteiger partial charge in [-0.05, 0) is 24.4 Å². The van der Waals surface area contributed by atoms with E-state index in [9.17, 15) is 17.2 Å². The molecular formula is C10H10F2N2O3S2. The predicted molar refractivity (Wildman–Crippen MR) is 62.9 cm³/mol. The van der Waals surface area contributed by atoms with Crippen molar-refractivity contribution in [2.45, 2.75) is 41.8 Å². The molecule has 0 bridgehead atoms. The summed E-state index contributed by atoms with van der Waals surface area (Å²) < 4.78 is 56.1. The highest BCUT2D eigenvalue weighted by Gasteiger charge is 2.35. The molecule has 0 saturated heterocycles. The van der Waals surface area contributed by atoms with Gasteiger partial charge in [0.2, 0.25) is 5.88 Å². The Kier molecular flexibility index (Phi) is 4.01. The minimum absolute atomic E-state index is 0.266. The van der Waals surface area contributed by atoms with Crippen molar-refractivity contribution in [1.82, 2.24) is 4.37 Å². The first kappa shape index (κ1) is 14.1. The van der Waals surface area contributed by atoms with Crippen molar-refractivity contribution in [3.63, 3.8) is 0 Å². The third kappa shape index (κ3) is 2.69. The van der Waals surface area contributed by atoms with E-state index in [0.717, 1.165) is 12.8 Å². The van der Waals surface area contributed by atoms with Gasteiger partial charge in [-0.15, -0.1) is 0 Å². The zero-order valence-electron chi connectivity index (χ0n) is 9.67. The molecule has 1 fully saturated rings. The average Bonchev–Trinajstić information content (AvgIpc) is 2.96. The van der Waals surface area contributed by atoms with E-state index < -0.39 is 33.1 Å². The second kappa shape index (κ2) is 5.38. The fraction of sp³-hybridized carbons (Fsp3) is 0.600. The lowest BCUT2D eigenvalue weighted by Gasteiger charge is -2.08. The molecular weight excluding hydrogens is 298 g/mol. The first-order valence-electron chi connectivity index (χ1n) is 5.55. The Morgan fingerprint density at radius 1 is 1.42 bits per heavy atom. The molecule has 0 spiro atoms. The summed E-state index contributed by atoms with van der Waals surface area (Å²) in [5.41, 5.74) is -0.419. The van der Waals surface area contributed by atoms with Crippen molar-refractivity contribution >= 4 is 21.4 Å². The second-order valence-corrected chi connectivity index (χ2v) is 7.29. The molecule has 1 aliphatic rings. The van der Waals surface area contributed by atoms with E-state index >= 15 is 0 Å². The monoisotopic (exact) mass is 308 g/mol. The molecule has 1 heterocycles. The number of nitriles is 1. The molecule has 1 aromatic rings. The molecule has 0 N–H and O–H groups in total. The first-order chi connectivity index (χ1) is 8.96. The van der Waals surface area contributed by atoms with Gasteiger partial charge in [-0.3, -0.25) is 0 Å². The number of hydrogen-bond donors (Lipinski definition) is 0. The van der Waals surface area contributed by atoms with Crippen LogP contribution in [0.3, 0.4) is 0 Å². The summed E-state index contributed by atoms with van der Waals surface area (Å²) in [5, 5.41) is 8.38. The standard InChI is InChI=1S/C10H10F2N2O3S2/c11-10(12)17-8-7(5-13)9(18-14-8)19(15,16)6-3-1-2-4-6/h6,10H,1-4H2. The van der Waals surface area contributed by atoms with E-state index in [4.69, 9.17) is 5.26 Å². The summed E-state index contributed by atoms with van der Waals surface area (Å²) in [6.07, 6.45) is 2.67. The quantitative estimate of drug-likeness (QED) is 0.853. The van der Waals surface area contributed by atoms with Gasteiger partial charge < -0.3 is 4.74 Å². The number of halogens is 2. The van der Waals surface area contributed by atoms with E-state index in [-0.39, 0.29) is 4.21 Å². The molecule has 5 nitrogen and oxygen atoms in total. The van der Waals surface area contributed by atoms with Gasteiger partial charge in [-0.2, -0.15) is 18.4 Å². The van der Waals surface area contributed by atoms with Crippen LogP contribution in [0, 0.1) is 11.3 Å². The Labute approximate surface area is 112 Å². The van der Waals surface area contributed by atoms with Crippen LogP contribution >= 0.6 is 11.5 Å². The second-order valence-electron chi connectivity index (χ2n) is 4.09. The van der Waals surface area contributed by atoms with Gasteiger partial charge in [0.15, 0.2) is 14.0 Å². The van der Waals surface area contributed by atoms with E-state index in [2.05, 4.69) is 9.11 Å². The number of aromatic nitrogens is 1. The lowest BCUT2D eigenvalue weighted by atomic mass is 10.4. The lowest BCUT2D eigenvalue weighted by molar-refractivity contribution is -0.0525. The maximum Gasteiger partial charge on any atom is 0.388 e. The Balaban J connectivity index is 2.40. The normalized spacial score (nSPS) is 16.7. The molecule has 1 saturated carbocycles. The topological polar surface area (TPSA) is 80.0 Å². The van der Waals surface area contributed by atoms with Crippen molar-refractivity contribution in [1.29, 1.82) is 5.26 Å². The summed E-state index contributed by atoms with van der Waals surface area (Å²) in [7, 11) is -3.69. The van der Waals surface area contributed by atoms with Gasteiger partial charge in [0.25, 0.3) is 0 Å². The minimum atomic E-state index is -3.69. The fourth-order valence-corrected chi connectivity index (χ4v) is 5.20. The smallest absolute Gasteiger partial charge is 0.388 e. The van der Waals surface area contributed by atoms with Gasteiger partial charge in [0.1, 0.15) is 11.6 Å². The maximum absolute atomic E-state index is 12.3. The summed E-state index contributed by atoms with van der Waals surface area (Å²) in [4.78, 5) is 0. The van der Waals surface area contributed by atoms with E-state index in [1.807, 2.05) is 0 Å². The van der Waals surface area contributed by atoms with Crippen molar-refractivity contribution in [3.05, 3.63) is 5.56 Å². The van der Waals surface area contributed by atoms with Crippen LogP contribution in [0.15, 0.2) is 4.21 Å². The van der Waals surface area contributed by atoms with Crippen LogP contribution in [0.1, 0.15) is 31.2 Å². The third-order valence-corrected chi connectivity index (χ3v) is 6.56. The van der Waals surface area contributed by atoms with Gasteiger partial charge in [-0.1, -0.05) is 12.8 Å². The van der Waals surface area contributed by atoms with Crippen LogP contribution in [-0.2, 0) is 9.84 Å². The molecule has 19 heavy (non-hydrogen) atoms. The Bertz CT molecular complexity index is 601. The Morgan fingerprint density at radius 3 is 2.58 bits per heavy atom. The van der Waals surface area contributed by atoms with Crippen molar-refractivity contribution in [2.75, 3.05) is 0 Å². The van der Waals surface area contributed by atoms with Crippen LogP contribution < -0.4 is 4.74 Å². The number of nitrogens with zero attached hydrogens (tertiary/aromatic N) is 2. The number of alkyl halides is 2. The molecule has 0 amide bonds. The molecule has 1 aliphatic carbocycles. The fourth-order valence-electron chi connectivity index (χ4n) is 2.06. The molecule has 0 radical (unpaired) electrons. The molecule has 1 aromatic heterocycles. The first-order valence-corrected chi connectivity index (χ1v) is 7.87. The number of hydrogen-bond acceptors (Lipinski definition) is 6. The van der Waals surface area contributed by atoms with Gasteiger partial charge >= 0.3 is 6.61 Å². The van der Waals surface area contributed by atoms with Crippen molar-refractivity contribution in [2.24, 2.45) is 0 Å². The van der Waals surface area contributed by atoms with Gasteiger partial charge in [0.05, 0.1) is 5.25 Å². The van der Waals surface area contributed by atoms with Crippen LogP contribution in [0.5, 0.6) is 5.88 Å². The highest BCUT2D eigenvalue weighted by Crippen LogP contribution is 2.36. The molecule has 0 unspecified atom stereocenters. The van der Waals surface area contributed by atoms with Gasteiger partial charge in [0, 0.05) is 0 Å². The molecule has 2 rings (SSSR count). The van der Waals surface area contributed by atoms with Crippen LogP contribution in [-0.4, -0.2) is 24.7 Å². The highest BCUT2D eigenvalue weighted by atomic mass is 32.2. The molecule has 104 valence electrons. The number of sulfone groups is 1. The molecule has 0 atom stereocenters. The SMILES string of the molecule is N#Cc1c(OC(F)F)nsc1S(=O)(=O)C1CCCC1. The Hall–Kier alpha value is -1.27. The zero-order valence-corrected chi connectivity index (χ0v) is 11.3. The zero-order chi connectivity index (χ0) is 14.0. The minimum Gasteiger partial charge on any atom is -0.414 e. The summed E-state index contributed by atoms with van der Waals surface area (Å²) in [6, 6.07) is 1.59. The average molecular weight is 308 g/mol. The predicted octanol–water partition coefficient (Wildman–Crippen LogP) is 2.33. The third-order valence-electron chi connectivity index (χ3n) is 2.94. The highest BCUT2D eigenvalue weighted by molar-refractivity contribution is 7.94. The molecule has 0 aromatic carbocycles. The van der Waals surface area contributed by atoms with Crippen LogP contribution in [0.2, 0.25) is 0 Å². The summed E-state index contributed by atoms with van der Waals surface area (Å²) in [5.74, 6) is -0.612. The number of rotatable bonds is 4. The van der Waals surface area contributed by atoms with Crippen molar-refractivity contribution < 1.29 is 21.9 Å². The largest absolute Gasteiger partial charge is 0.414 e. The van der Waals surface area contributed by atoms with E-state index in [1.54, 1.807) is 6.07 Å². The van der Waals surface area contributed by atoms with Crippen LogP contribution in [0.25, 0.3) is 0 Å².